The van der Waals surface area contributed by atoms with Gasteiger partial charge in [-0.1, -0.05) is 11.6 Å². The topological polar surface area (TPSA) is 9.23 Å². The minimum atomic E-state index is 0.402. The van der Waals surface area contributed by atoms with Crippen LogP contribution in [-0.2, 0) is 10.5 Å². The van der Waals surface area contributed by atoms with E-state index in [4.69, 9.17) is 16.3 Å². The highest BCUT2D eigenvalue weighted by atomic mass is 35.5. The molecule has 2 heterocycles. The summed E-state index contributed by atoms with van der Waals surface area (Å²) in [5, 5.41) is 3.61. The van der Waals surface area contributed by atoms with Crippen molar-refractivity contribution >= 4 is 34.7 Å². The summed E-state index contributed by atoms with van der Waals surface area (Å²) in [5.74, 6) is 1.02. The molecule has 2 atom stereocenters. The van der Waals surface area contributed by atoms with Gasteiger partial charge in [0.1, 0.15) is 0 Å². The molecular weight excluding hydrogens is 236 g/mol. The van der Waals surface area contributed by atoms with Gasteiger partial charge in [-0.2, -0.15) is 11.8 Å². The molecule has 14 heavy (non-hydrogen) atoms. The Labute approximate surface area is 97.8 Å². The fraction of sp³-hybridized carbons (Fsp3) is 0.600. The SMILES string of the molecule is C[C@H]1OCC[C@H]1SCc1sccc1Cl. The Morgan fingerprint density at radius 3 is 3.14 bits per heavy atom. The summed E-state index contributed by atoms with van der Waals surface area (Å²) in [6.07, 6.45) is 1.58. The zero-order valence-electron chi connectivity index (χ0n) is 8.03. The highest BCUT2D eigenvalue weighted by Gasteiger charge is 2.24. The summed E-state index contributed by atoms with van der Waals surface area (Å²) in [6.45, 7) is 3.07. The van der Waals surface area contributed by atoms with E-state index in [1.165, 1.54) is 11.3 Å². The van der Waals surface area contributed by atoms with Crippen molar-refractivity contribution in [1.82, 2.24) is 0 Å². The second kappa shape index (κ2) is 4.88. The molecule has 1 aromatic rings. The summed E-state index contributed by atoms with van der Waals surface area (Å²) in [7, 11) is 0. The van der Waals surface area contributed by atoms with E-state index in [1.54, 1.807) is 11.3 Å². The van der Waals surface area contributed by atoms with Crippen LogP contribution in [0.4, 0.5) is 0 Å². The minimum Gasteiger partial charge on any atom is -0.377 e. The van der Waals surface area contributed by atoms with Crippen molar-refractivity contribution in [2.45, 2.75) is 30.5 Å². The maximum absolute atomic E-state index is 6.03. The Morgan fingerprint density at radius 2 is 2.57 bits per heavy atom. The van der Waals surface area contributed by atoms with Crippen LogP contribution in [-0.4, -0.2) is 18.0 Å². The van der Waals surface area contributed by atoms with Crippen LogP contribution in [0.2, 0.25) is 5.02 Å². The molecule has 1 aliphatic rings. The van der Waals surface area contributed by atoms with Crippen LogP contribution < -0.4 is 0 Å². The molecule has 0 radical (unpaired) electrons. The summed E-state index contributed by atoms with van der Waals surface area (Å²) >= 11 is 9.73. The highest BCUT2D eigenvalue weighted by molar-refractivity contribution is 7.99. The molecular formula is C10H13ClOS2. The lowest BCUT2D eigenvalue weighted by Crippen LogP contribution is -2.13. The van der Waals surface area contributed by atoms with E-state index in [0.717, 1.165) is 17.4 Å². The first-order chi connectivity index (χ1) is 6.77. The molecule has 0 bridgehead atoms. The van der Waals surface area contributed by atoms with Gasteiger partial charge < -0.3 is 4.74 Å². The molecule has 0 aliphatic carbocycles. The Kier molecular flexibility index (Phi) is 3.77. The smallest absolute Gasteiger partial charge is 0.0666 e. The van der Waals surface area contributed by atoms with Gasteiger partial charge in [0.05, 0.1) is 11.1 Å². The van der Waals surface area contributed by atoms with Crippen molar-refractivity contribution in [3.63, 3.8) is 0 Å². The lowest BCUT2D eigenvalue weighted by atomic mass is 10.3. The zero-order valence-corrected chi connectivity index (χ0v) is 10.4. The van der Waals surface area contributed by atoms with Crippen molar-refractivity contribution in [1.29, 1.82) is 0 Å². The van der Waals surface area contributed by atoms with E-state index in [0.29, 0.717) is 11.4 Å². The maximum atomic E-state index is 6.03. The molecule has 0 spiro atoms. The Morgan fingerprint density at radius 1 is 1.71 bits per heavy atom. The standard InChI is InChI=1S/C10H13ClOS2/c1-7-9(2-4-12-7)14-6-10-8(11)3-5-13-10/h3,5,7,9H,2,4,6H2,1H3/t7-,9-/m1/s1. The van der Waals surface area contributed by atoms with E-state index in [2.05, 4.69) is 6.92 Å². The quantitative estimate of drug-likeness (QED) is 0.805. The summed E-state index contributed by atoms with van der Waals surface area (Å²) in [6, 6.07) is 1.97. The van der Waals surface area contributed by atoms with Gasteiger partial charge in [0.2, 0.25) is 0 Å². The van der Waals surface area contributed by atoms with Crippen LogP contribution >= 0.6 is 34.7 Å². The lowest BCUT2D eigenvalue weighted by molar-refractivity contribution is 0.127. The Balaban J connectivity index is 1.85. The van der Waals surface area contributed by atoms with Crippen molar-refractivity contribution in [3.8, 4) is 0 Å². The van der Waals surface area contributed by atoms with Crippen LogP contribution in [0.5, 0.6) is 0 Å². The van der Waals surface area contributed by atoms with Crippen molar-refractivity contribution in [2.24, 2.45) is 0 Å². The molecule has 1 saturated heterocycles. The number of thioether (sulfide) groups is 1. The van der Waals surface area contributed by atoms with Gasteiger partial charge in [0.25, 0.3) is 0 Å². The van der Waals surface area contributed by atoms with Gasteiger partial charge in [-0.25, -0.2) is 0 Å². The third kappa shape index (κ3) is 2.45. The molecule has 0 unspecified atom stereocenters. The first-order valence-corrected chi connectivity index (χ1v) is 7.03. The molecule has 0 saturated carbocycles. The Bertz CT molecular complexity index is 300. The lowest BCUT2D eigenvalue weighted by Gasteiger charge is -2.12. The minimum absolute atomic E-state index is 0.402. The van der Waals surface area contributed by atoms with E-state index >= 15 is 0 Å². The average Bonchev–Trinajstić information content (AvgIpc) is 2.72. The van der Waals surface area contributed by atoms with E-state index in [-0.39, 0.29) is 0 Å². The molecule has 0 amide bonds. The molecule has 0 N–H and O–H groups in total. The first kappa shape index (κ1) is 10.8. The van der Waals surface area contributed by atoms with Gasteiger partial charge in [-0.15, -0.1) is 11.3 Å². The van der Waals surface area contributed by atoms with Gasteiger partial charge in [-0.05, 0) is 24.8 Å². The average molecular weight is 249 g/mol. The number of thiophene rings is 1. The summed E-state index contributed by atoms with van der Waals surface area (Å²) in [4.78, 5) is 1.29. The largest absolute Gasteiger partial charge is 0.377 e. The number of rotatable bonds is 3. The number of halogens is 1. The normalized spacial score (nSPS) is 27.0. The molecule has 0 aromatic carbocycles. The number of hydrogen-bond acceptors (Lipinski definition) is 3. The van der Waals surface area contributed by atoms with Crippen LogP contribution in [0.3, 0.4) is 0 Å². The second-order valence-electron chi connectivity index (χ2n) is 3.41. The second-order valence-corrected chi connectivity index (χ2v) is 6.04. The van der Waals surface area contributed by atoms with E-state index < -0.39 is 0 Å². The van der Waals surface area contributed by atoms with Crippen LogP contribution in [0, 0.1) is 0 Å². The third-order valence-corrected chi connectivity index (χ3v) is 5.50. The zero-order chi connectivity index (χ0) is 9.97. The number of hydrogen-bond donors (Lipinski definition) is 0. The van der Waals surface area contributed by atoms with Crippen molar-refractivity contribution in [2.75, 3.05) is 6.61 Å². The summed E-state index contributed by atoms with van der Waals surface area (Å²) < 4.78 is 5.52. The van der Waals surface area contributed by atoms with Crippen molar-refractivity contribution in [3.05, 3.63) is 21.3 Å². The van der Waals surface area contributed by atoms with Crippen LogP contribution in [0.25, 0.3) is 0 Å². The van der Waals surface area contributed by atoms with E-state index in [9.17, 15) is 0 Å². The first-order valence-electron chi connectivity index (χ1n) is 4.72. The molecule has 78 valence electrons. The molecule has 2 rings (SSSR count). The molecule has 4 heteroatoms. The predicted octanol–water partition coefficient (Wildman–Crippen LogP) is 3.81. The van der Waals surface area contributed by atoms with Gasteiger partial charge in [0, 0.05) is 22.5 Å². The van der Waals surface area contributed by atoms with Gasteiger partial charge >= 0.3 is 0 Å². The maximum Gasteiger partial charge on any atom is 0.0666 e. The van der Waals surface area contributed by atoms with Gasteiger partial charge in [0.15, 0.2) is 0 Å². The molecule has 1 nitrogen and oxygen atoms in total. The summed E-state index contributed by atoms with van der Waals surface area (Å²) in [5.41, 5.74) is 0. The highest BCUT2D eigenvalue weighted by Crippen LogP contribution is 2.33. The fourth-order valence-electron chi connectivity index (χ4n) is 1.54. The monoisotopic (exact) mass is 248 g/mol. The molecule has 1 aromatic heterocycles. The fourth-order valence-corrected chi connectivity index (χ4v) is 4.12. The third-order valence-electron chi connectivity index (χ3n) is 2.43. The van der Waals surface area contributed by atoms with Crippen molar-refractivity contribution < 1.29 is 4.74 Å². The molecule has 1 aliphatic heterocycles. The molecule has 1 fully saturated rings. The van der Waals surface area contributed by atoms with Crippen LogP contribution in [0.1, 0.15) is 18.2 Å². The van der Waals surface area contributed by atoms with Gasteiger partial charge in [-0.3, -0.25) is 0 Å². The van der Waals surface area contributed by atoms with Crippen LogP contribution in [0.15, 0.2) is 11.4 Å². The number of ether oxygens (including phenoxy) is 1. The van der Waals surface area contributed by atoms with E-state index in [1.807, 2.05) is 23.2 Å². The Hall–Kier alpha value is 0.300. The predicted molar refractivity (Wildman–Crippen MR) is 64.4 cm³/mol.